The average Bonchev–Trinajstić information content (AvgIpc) is 1.84. The summed E-state index contributed by atoms with van der Waals surface area (Å²) in [5.41, 5.74) is -0.408. The fraction of sp³-hybridized carbons (Fsp3) is 0.857. The third-order valence-corrected chi connectivity index (χ3v) is 2.26. The Morgan fingerprint density at radius 1 is 1.55 bits per heavy atom. The number of ether oxygens (including phenoxy) is 1. The van der Waals surface area contributed by atoms with Crippen molar-refractivity contribution in [2.45, 2.75) is 5.54 Å². The monoisotopic (exact) mass is 158 g/mol. The lowest BCUT2D eigenvalue weighted by atomic mass is 9.91. The van der Waals surface area contributed by atoms with Crippen LogP contribution < -0.4 is 5.32 Å². The Morgan fingerprint density at radius 3 is 2.18 bits per heavy atom. The quantitative estimate of drug-likeness (QED) is 0.527. The fourth-order valence-corrected chi connectivity index (χ4v) is 1.19. The summed E-state index contributed by atoms with van der Waals surface area (Å²) >= 11 is 0. The third-order valence-electron chi connectivity index (χ3n) is 2.26. The van der Waals surface area contributed by atoms with Crippen molar-refractivity contribution < 1.29 is 9.53 Å². The van der Waals surface area contributed by atoms with E-state index in [1.165, 1.54) is 7.11 Å². The molecule has 0 aromatic carbocycles. The zero-order chi connectivity index (χ0) is 8.48. The summed E-state index contributed by atoms with van der Waals surface area (Å²) in [5.74, 6) is -0.152. The zero-order valence-electron chi connectivity index (χ0n) is 7.18. The first kappa shape index (κ1) is 8.49. The van der Waals surface area contributed by atoms with Crippen molar-refractivity contribution in [2.24, 2.45) is 0 Å². The largest absolute Gasteiger partial charge is 0.468 e. The molecule has 1 N–H and O–H groups in total. The number of hydrogen-bond acceptors (Lipinski definition) is 4. The number of nitrogens with zero attached hydrogens (tertiary/aromatic N) is 1. The van der Waals surface area contributed by atoms with Crippen LogP contribution in [0.5, 0.6) is 0 Å². The Morgan fingerprint density at radius 2 is 2.09 bits per heavy atom. The van der Waals surface area contributed by atoms with E-state index in [0.29, 0.717) is 13.1 Å². The molecule has 4 nitrogen and oxygen atoms in total. The van der Waals surface area contributed by atoms with E-state index in [4.69, 9.17) is 4.74 Å². The molecule has 0 aromatic rings. The summed E-state index contributed by atoms with van der Waals surface area (Å²) < 4.78 is 4.70. The summed E-state index contributed by atoms with van der Waals surface area (Å²) in [5, 5.41) is 3.06. The number of esters is 1. The molecule has 4 heteroatoms. The SMILES string of the molecule is COC(=O)C1(N(C)C)CNC1. The lowest BCUT2D eigenvalue weighted by molar-refractivity contribution is -0.157. The molecule has 0 bridgehead atoms. The summed E-state index contributed by atoms with van der Waals surface area (Å²) in [6.07, 6.45) is 0. The second kappa shape index (κ2) is 2.79. The van der Waals surface area contributed by atoms with Crippen molar-refractivity contribution in [3.63, 3.8) is 0 Å². The Hall–Kier alpha value is -0.610. The molecule has 0 aliphatic carbocycles. The van der Waals surface area contributed by atoms with E-state index in [0.717, 1.165) is 0 Å². The Balaban J connectivity index is 2.67. The molecule has 0 spiro atoms. The van der Waals surface area contributed by atoms with Crippen molar-refractivity contribution in [2.75, 3.05) is 34.3 Å². The first-order valence-corrected chi connectivity index (χ1v) is 3.60. The highest BCUT2D eigenvalue weighted by Crippen LogP contribution is 2.18. The number of hydrogen-bond donors (Lipinski definition) is 1. The van der Waals surface area contributed by atoms with E-state index in [9.17, 15) is 4.79 Å². The lowest BCUT2D eigenvalue weighted by Crippen LogP contribution is -2.71. The molecule has 0 amide bonds. The van der Waals surface area contributed by atoms with E-state index in [1.807, 2.05) is 19.0 Å². The van der Waals surface area contributed by atoms with Gasteiger partial charge >= 0.3 is 5.97 Å². The molecular formula is C7H14N2O2. The van der Waals surface area contributed by atoms with Crippen molar-refractivity contribution >= 4 is 5.97 Å². The third kappa shape index (κ3) is 1.12. The van der Waals surface area contributed by atoms with Gasteiger partial charge in [-0.3, -0.25) is 4.90 Å². The van der Waals surface area contributed by atoms with Crippen LogP contribution >= 0.6 is 0 Å². The van der Waals surface area contributed by atoms with Gasteiger partial charge < -0.3 is 10.1 Å². The number of carbonyl (C=O) groups excluding carboxylic acids is 1. The van der Waals surface area contributed by atoms with Crippen molar-refractivity contribution in [1.29, 1.82) is 0 Å². The van der Waals surface area contributed by atoms with Crippen LogP contribution in [0, 0.1) is 0 Å². The number of rotatable bonds is 2. The van der Waals surface area contributed by atoms with Gasteiger partial charge in [0, 0.05) is 13.1 Å². The van der Waals surface area contributed by atoms with Crippen molar-refractivity contribution in [3.05, 3.63) is 0 Å². The highest BCUT2D eigenvalue weighted by molar-refractivity contribution is 5.82. The maximum Gasteiger partial charge on any atom is 0.328 e. The van der Waals surface area contributed by atoms with Gasteiger partial charge in [0.25, 0.3) is 0 Å². The minimum Gasteiger partial charge on any atom is -0.468 e. The predicted octanol–water partition coefficient (Wildman–Crippen LogP) is -0.937. The predicted molar refractivity (Wildman–Crippen MR) is 41.3 cm³/mol. The van der Waals surface area contributed by atoms with Crippen LogP contribution in [0.1, 0.15) is 0 Å². The zero-order valence-corrected chi connectivity index (χ0v) is 7.18. The molecular weight excluding hydrogens is 144 g/mol. The number of nitrogens with one attached hydrogen (secondary N) is 1. The van der Waals surface area contributed by atoms with Crippen LogP contribution in [-0.2, 0) is 9.53 Å². The fourth-order valence-electron chi connectivity index (χ4n) is 1.19. The molecule has 11 heavy (non-hydrogen) atoms. The minimum atomic E-state index is -0.408. The Kier molecular flexibility index (Phi) is 2.15. The molecule has 0 radical (unpaired) electrons. The minimum absolute atomic E-state index is 0.152. The van der Waals surface area contributed by atoms with Crippen LogP contribution in [0.15, 0.2) is 0 Å². The summed E-state index contributed by atoms with van der Waals surface area (Å²) in [6.45, 7) is 1.37. The summed E-state index contributed by atoms with van der Waals surface area (Å²) in [7, 11) is 5.20. The van der Waals surface area contributed by atoms with E-state index >= 15 is 0 Å². The molecule has 0 unspecified atom stereocenters. The van der Waals surface area contributed by atoms with Crippen LogP contribution in [-0.4, -0.2) is 50.7 Å². The van der Waals surface area contributed by atoms with Crippen molar-refractivity contribution in [3.8, 4) is 0 Å². The van der Waals surface area contributed by atoms with E-state index in [2.05, 4.69) is 5.32 Å². The first-order chi connectivity index (χ1) is 5.13. The Labute approximate surface area is 66.5 Å². The second-order valence-corrected chi connectivity index (χ2v) is 3.02. The van der Waals surface area contributed by atoms with Crippen molar-refractivity contribution in [1.82, 2.24) is 10.2 Å². The molecule has 1 rings (SSSR count). The molecule has 1 saturated heterocycles. The number of methoxy groups -OCH3 is 1. The van der Waals surface area contributed by atoms with Gasteiger partial charge in [-0.15, -0.1) is 0 Å². The first-order valence-electron chi connectivity index (χ1n) is 3.60. The second-order valence-electron chi connectivity index (χ2n) is 3.02. The van der Waals surface area contributed by atoms with Gasteiger partial charge in [-0.05, 0) is 14.1 Å². The van der Waals surface area contributed by atoms with Gasteiger partial charge in [-0.1, -0.05) is 0 Å². The highest BCUT2D eigenvalue weighted by atomic mass is 16.5. The smallest absolute Gasteiger partial charge is 0.328 e. The molecule has 0 aromatic heterocycles. The molecule has 1 heterocycles. The van der Waals surface area contributed by atoms with Gasteiger partial charge in [-0.2, -0.15) is 0 Å². The highest BCUT2D eigenvalue weighted by Gasteiger charge is 2.47. The topological polar surface area (TPSA) is 41.6 Å². The van der Waals surface area contributed by atoms with Gasteiger partial charge in [0.2, 0.25) is 0 Å². The van der Waals surface area contributed by atoms with Crippen LogP contribution in [0.4, 0.5) is 0 Å². The van der Waals surface area contributed by atoms with Gasteiger partial charge in [0.15, 0.2) is 0 Å². The number of likely N-dealkylation sites (N-methyl/N-ethyl adjacent to an activating group) is 1. The molecule has 1 aliphatic heterocycles. The molecule has 1 aliphatic rings. The molecule has 0 saturated carbocycles. The summed E-state index contributed by atoms with van der Waals surface area (Å²) in [6, 6.07) is 0. The molecule has 1 fully saturated rings. The summed E-state index contributed by atoms with van der Waals surface area (Å²) in [4.78, 5) is 13.2. The van der Waals surface area contributed by atoms with E-state index < -0.39 is 5.54 Å². The average molecular weight is 158 g/mol. The van der Waals surface area contributed by atoms with Gasteiger partial charge in [0.05, 0.1) is 7.11 Å². The number of carbonyl (C=O) groups is 1. The van der Waals surface area contributed by atoms with E-state index in [-0.39, 0.29) is 5.97 Å². The molecule has 0 atom stereocenters. The normalized spacial score (nSPS) is 21.1. The van der Waals surface area contributed by atoms with Crippen LogP contribution in [0.25, 0.3) is 0 Å². The maximum absolute atomic E-state index is 11.3. The molecule has 64 valence electrons. The standard InChI is InChI=1S/C7H14N2O2/c1-9(2)7(4-8-5-7)6(10)11-3/h8H,4-5H2,1-3H3. The van der Waals surface area contributed by atoms with Gasteiger partial charge in [0.1, 0.15) is 5.54 Å². The van der Waals surface area contributed by atoms with E-state index in [1.54, 1.807) is 0 Å². The lowest BCUT2D eigenvalue weighted by Gasteiger charge is -2.44. The van der Waals surface area contributed by atoms with Gasteiger partial charge in [-0.25, -0.2) is 4.79 Å². The van der Waals surface area contributed by atoms with Crippen LogP contribution in [0.3, 0.4) is 0 Å². The maximum atomic E-state index is 11.3. The Bertz CT molecular complexity index is 164. The van der Waals surface area contributed by atoms with Crippen LogP contribution in [0.2, 0.25) is 0 Å².